The number of hydrogen-bond donors (Lipinski definition) is 11. The molecule has 0 amide bonds. The molecule has 4 heterocycles. The molecule has 0 bridgehead atoms. The van der Waals surface area contributed by atoms with E-state index >= 15 is 0 Å². The van der Waals surface area contributed by atoms with Gasteiger partial charge >= 0.3 is 0 Å². The third kappa shape index (κ3) is 7.47. The Morgan fingerprint density at radius 3 is 2.21 bits per heavy atom. The fourth-order valence-corrected chi connectivity index (χ4v) is 6.19. The molecule has 6 rings (SSSR count). The maximum absolute atomic E-state index is 13.8. The summed E-state index contributed by atoms with van der Waals surface area (Å²) >= 11 is 0. The van der Waals surface area contributed by atoms with Crippen LogP contribution in [0, 0.1) is 0 Å². The largest absolute Gasteiger partial charge is 0.508 e. The number of hydrogen-bond acceptors (Lipinski definition) is 20. The topological polar surface area (TPSA) is 317 Å². The van der Waals surface area contributed by atoms with Crippen molar-refractivity contribution < 1.29 is 93.7 Å². The molecule has 292 valence electrons. The molecule has 1 aromatic heterocycles. The Labute approximate surface area is 298 Å². The molecule has 0 spiro atoms. The number of benzene rings is 2. The lowest BCUT2D eigenvalue weighted by Gasteiger charge is -2.45. The molecule has 2 aromatic carbocycles. The molecular weight excluding hydrogens is 716 g/mol. The fraction of sp³-hybridized carbons (Fsp3) is 0.545. The minimum atomic E-state index is -2.01. The lowest BCUT2D eigenvalue weighted by atomic mass is 9.98. The van der Waals surface area contributed by atoms with Crippen molar-refractivity contribution in [1.29, 1.82) is 0 Å². The van der Waals surface area contributed by atoms with Crippen LogP contribution in [0.25, 0.3) is 22.3 Å². The van der Waals surface area contributed by atoms with Crippen LogP contribution in [-0.2, 0) is 23.7 Å². The zero-order chi connectivity index (χ0) is 38.5. The van der Waals surface area contributed by atoms with Crippen molar-refractivity contribution in [3.8, 4) is 40.1 Å². The summed E-state index contributed by atoms with van der Waals surface area (Å²) in [4.78, 5) is 13.8. The first-order valence-electron chi connectivity index (χ1n) is 16.3. The number of ether oxygens (including phenoxy) is 7. The van der Waals surface area contributed by atoms with Gasteiger partial charge in [0, 0.05) is 17.7 Å². The van der Waals surface area contributed by atoms with Gasteiger partial charge in [-0.3, -0.25) is 4.79 Å². The monoisotopic (exact) mass is 756 g/mol. The van der Waals surface area contributed by atoms with E-state index in [1.54, 1.807) is 0 Å². The summed E-state index contributed by atoms with van der Waals surface area (Å²) in [5.41, 5.74) is -1.21. The van der Waals surface area contributed by atoms with E-state index in [1.165, 1.54) is 32.2 Å². The third-order valence-electron chi connectivity index (χ3n) is 9.21. The predicted molar refractivity (Wildman–Crippen MR) is 172 cm³/mol. The minimum Gasteiger partial charge on any atom is -0.508 e. The average molecular weight is 757 g/mol. The number of aromatic hydroxyl groups is 3. The van der Waals surface area contributed by atoms with E-state index in [1.807, 2.05) is 0 Å². The zero-order valence-corrected chi connectivity index (χ0v) is 28.0. The van der Waals surface area contributed by atoms with Gasteiger partial charge in [0.1, 0.15) is 83.5 Å². The van der Waals surface area contributed by atoms with Gasteiger partial charge in [0.2, 0.25) is 17.5 Å². The van der Waals surface area contributed by atoms with Crippen LogP contribution in [0.4, 0.5) is 0 Å². The number of phenols is 3. The number of aliphatic hydroxyl groups excluding tert-OH is 8. The Bertz CT molecular complexity index is 1820. The predicted octanol–water partition coefficient (Wildman–Crippen LogP) is -2.92. The van der Waals surface area contributed by atoms with Crippen molar-refractivity contribution in [2.45, 2.75) is 92.9 Å². The van der Waals surface area contributed by atoms with Crippen LogP contribution in [0.5, 0.6) is 28.7 Å². The fourth-order valence-electron chi connectivity index (χ4n) is 6.19. The van der Waals surface area contributed by atoms with Crippen LogP contribution < -0.4 is 14.9 Å². The maximum atomic E-state index is 13.8. The molecular formula is C33H40O20. The molecule has 3 aliphatic heterocycles. The number of methoxy groups -OCH3 is 1. The second-order valence-electron chi connectivity index (χ2n) is 12.8. The molecule has 0 aliphatic carbocycles. The van der Waals surface area contributed by atoms with Crippen molar-refractivity contribution >= 4 is 11.0 Å². The quantitative estimate of drug-likeness (QED) is 0.104. The van der Waals surface area contributed by atoms with E-state index in [-0.39, 0.29) is 28.4 Å². The van der Waals surface area contributed by atoms with Crippen LogP contribution in [0.3, 0.4) is 0 Å². The molecule has 0 radical (unpaired) electrons. The molecule has 3 aliphatic rings. The second kappa shape index (κ2) is 15.5. The number of fused-ring (bicyclic) bond motifs is 1. The first-order valence-corrected chi connectivity index (χ1v) is 16.3. The summed E-state index contributed by atoms with van der Waals surface area (Å²) in [6.07, 6.45) is -23.2. The average Bonchev–Trinajstić information content (AvgIpc) is 3.12. The number of rotatable bonds is 9. The Hall–Kier alpha value is -3.87. The lowest BCUT2D eigenvalue weighted by Crippen LogP contribution is -2.63. The van der Waals surface area contributed by atoms with Gasteiger partial charge in [-0.1, -0.05) is 0 Å². The van der Waals surface area contributed by atoms with Gasteiger partial charge in [-0.15, -0.1) is 0 Å². The molecule has 0 unspecified atom stereocenters. The van der Waals surface area contributed by atoms with Crippen molar-refractivity contribution in [3.05, 3.63) is 40.6 Å². The SMILES string of the molecule is COc1cc(-c2oc3cc(O)cc(O)c3c(=O)c2O[C@@H]2O[C@H](CO[C@@H]3O[C@@H](C)[C@H](O)[C@@H](O[C@@H]4OC[C@@H](O)[C@H](O)[C@H]4O)[C@H]3O)[C@@H](O)[C@H](O)[C@H]2O)ccc1O. The highest BCUT2D eigenvalue weighted by Crippen LogP contribution is 2.40. The van der Waals surface area contributed by atoms with Crippen LogP contribution in [-0.4, -0.2) is 163 Å². The Morgan fingerprint density at radius 1 is 0.774 bits per heavy atom. The number of phenolic OH excluding ortho intramolecular Hbond substituents is 3. The van der Waals surface area contributed by atoms with E-state index in [2.05, 4.69) is 0 Å². The molecule has 20 heteroatoms. The molecule has 11 N–H and O–H groups in total. The summed E-state index contributed by atoms with van der Waals surface area (Å²) in [6.45, 7) is 0.314. The Morgan fingerprint density at radius 2 is 1.49 bits per heavy atom. The lowest BCUT2D eigenvalue weighted by molar-refractivity contribution is -0.351. The van der Waals surface area contributed by atoms with E-state index in [9.17, 15) is 61.0 Å². The highest BCUT2D eigenvalue weighted by molar-refractivity contribution is 5.88. The van der Waals surface area contributed by atoms with Gasteiger partial charge in [0.05, 0.1) is 26.4 Å². The smallest absolute Gasteiger partial charge is 0.239 e. The van der Waals surface area contributed by atoms with Gasteiger partial charge in [-0.2, -0.15) is 0 Å². The molecule has 53 heavy (non-hydrogen) atoms. The van der Waals surface area contributed by atoms with Gasteiger partial charge in [-0.05, 0) is 25.1 Å². The maximum Gasteiger partial charge on any atom is 0.239 e. The normalized spacial score (nSPS) is 36.3. The molecule has 3 fully saturated rings. The summed E-state index contributed by atoms with van der Waals surface area (Å²) in [7, 11) is 1.27. The number of aliphatic hydroxyl groups is 8. The molecule has 0 saturated carbocycles. The Balaban J connectivity index is 1.24. The van der Waals surface area contributed by atoms with E-state index < -0.39 is 127 Å². The van der Waals surface area contributed by atoms with Crippen LogP contribution in [0.15, 0.2) is 39.5 Å². The van der Waals surface area contributed by atoms with E-state index in [0.29, 0.717) is 0 Å². The first-order chi connectivity index (χ1) is 25.1. The van der Waals surface area contributed by atoms with Gasteiger partial charge < -0.3 is 93.7 Å². The van der Waals surface area contributed by atoms with Gasteiger partial charge in [0.25, 0.3) is 0 Å². The summed E-state index contributed by atoms with van der Waals surface area (Å²) < 4.78 is 44.6. The second-order valence-corrected chi connectivity index (χ2v) is 12.8. The minimum absolute atomic E-state index is 0.0416. The van der Waals surface area contributed by atoms with Crippen LogP contribution >= 0.6 is 0 Å². The standard InChI is InChI=1S/C33H40O20/c1-10-20(38)29(52-31-25(43)21(39)15(37)8-47-31)27(45)32(49-10)48-9-18-22(40)24(42)26(44)33(51-18)53-30-23(41)19-14(36)6-12(34)7-17(19)50-28(30)11-3-4-13(35)16(5-11)46-2/h3-7,10,15,18,20-22,24-27,29,31-40,42-45H,8-9H2,1-2H3/t10-,15+,18+,20-,21-,22+,24-,25+,26+,27+,29+,31-,32+,33-/m0/s1. The summed E-state index contributed by atoms with van der Waals surface area (Å²) in [5, 5.41) is 114. The van der Waals surface area contributed by atoms with Gasteiger partial charge in [-0.25, -0.2) is 0 Å². The van der Waals surface area contributed by atoms with Gasteiger partial charge in [0.15, 0.2) is 29.8 Å². The summed E-state index contributed by atoms with van der Waals surface area (Å²) in [6, 6.07) is 5.75. The van der Waals surface area contributed by atoms with Crippen molar-refractivity contribution in [3.63, 3.8) is 0 Å². The molecule has 3 aromatic rings. The summed E-state index contributed by atoms with van der Waals surface area (Å²) in [5.74, 6) is -2.46. The van der Waals surface area contributed by atoms with E-state index in [4.69, 9.17) is 37.6 Å². The molecule has 14 atom stereocenters. The van der Waals surface area contributed by atoms with Crippen LogP contribution in [0.2, 0.25) is 0 Å². The zero-order valence-electron chi connectivity index (χ0n) is 28.0. The molecule has 3 saturated heterocycles. The molecule has 20 nitrogen and oxygen atoms in total. The highest BCUT2D eigenvalue weighted by atomic mass is 16.7. The third-order valence-corrected chi connectivity index (χ3v) is 9.21. The highest BCUT2D eigenvalue weighted by Gasteiger charge is 2.50. The first kappa shape index (κ1) is 38.8. The Kier molecular flexibility index (Phi) is 11.3. The van der Waals surface area contributed by atoms with Crippen molar-refractivity contribution in [1.82, 2.24) is 0 Å². The van der Waals surface area contributed by atoms with E-state index in [0.717, 1.165) is 12.1 Å². The van der Waals surface area contributed by atoms with Crippen molar-refractivity contribution in [2.75, 3.05) is 20.3 Å². The van der Waals surface area contributed by atoms with Crippen molar-refractivity contribution in [2.24, 2.45) is 0 Å². The van der Waals surface area contributed by atoms with Crippen LogP contribution in [0.1, 0.15) is 6.92 Å².